The molecule has 4 heteroatoms. The van der Waals surface area contributed by atoms with Crippen LogP contribution in [0.4, 0.5) is 0 Å². The summed E-state index contributed by atoms with van der Waals surface area (Å²) in [5.74, 6) is 1.60. The lowest BCUT2D eigenvalue weighted by Crippen LogP contribution is -1.99. The highest BCUT2D eigenvalue weighted by molar-refractivity contribution is 6.09. The van der Waals surface area contributed by atoms with E-state index in [1.54, 1.807) is 21.3 Å². The highest BCUT2D eigenvalue weighted by Gasteiger charge is 2.20. The van der Waals surface area contributed by atoms with Gasteiger partial charge < -0.3 is 14.2 Å². The molecule has 0 aliphatic carbocycles. The lowest BCUT2D eigenvalue weighted by molar-refractivity contribution is 0.112. The maximum Gasteiger partial charge on any atom is 0.203 e. The van der Waals surface area contributed by atoms with Crippen molar-refractivity contribution >= 4 is 17.1 Å². The molecule has 0 aliphatic rings. The van der Waals surface area contributed by atoms with Crippen LogP contribution in [0.3, 0.4) is 0 Å². The molecule has 0 saturated carbocycles. The van der Waals surface area contributed by atoms with Crippen molar-refractivity contribution in [1.29, 1.82) is 0 Å². The smallest absolute Gasteiger partial charge is 0.203 e. The van der Waals surface area contributed by atoms with Crippen LogP contribution in [0, 0.1) is 0 Å². The Labute approximate surface area is 201 Å². The highest BCUT2D eigenvalue weighted by Crippen LogP contribution is 2.46. The minimum absolute atomic E-state index is 0.497. The number of carbonyl (C=O) groups excluding carboxylic acids is 1. The molecule has 0 saturated heterocycles. The Morgan fingerprint density at radius 3 is 2.09 bits per heavy atom. The maximum absolute atomic E-state index is 12.4. The Morgan fingerprint density at radius 1 is 0.706 bits per heavy atom. The van der Waals surface area contributed by atoms with Crippen molar-refractivity contribution in [3.05, 3.63) is 77.9 Å². The van der Waals surface area contributed by atoms with Crippen molar-refractivity contribution in [2.75, 3.05) is 21.3 Å². The number of carbonyl (C=O) groups is 1. The summed E-state index contributed by atoms with van der Waals surface area (Å²) in [7, 11) is 4.75. The van der Waals surface area contributed by atoms with Gasteiger partial charge in [-0.05, 0) is 58.0 Å². The standard InChI is InChI=1S/C30H30O4/c1-5-6-8-20-11-13-21(14-12-20)22-9-7-10-23-24(22)15-16-25(27(23)19-31)26-17-18-28(32-2)30(34-4)29(26)33-3/h7,9-19H,5-6,8H2,1-4H3. The molecule has 0 bridgehead atoms. The molecular formula is C30H30O4. The van der Waals surface area contributed by atoms with E-state index in [4.69, 9.17) is 14.2 Å². The number of fused-ring (bicyclic) bond motifs is 1. The minimum Gasteiger partial charge on any atom is -0.493 e. The van der Waals surface area contributed by atoms with E-state index in [0.717, 1.165) is 45.7 Å². The highest BCUT2D eigenvalue weighted by atomic mass is 16.5. The first-order valence-corrected chi connectivity index (χ1v) is 11.6. The van der Waals surface area contributed by atoms with Crippen LogP contribution in [-0.2, 0) is 6.42 Å². The second-order valence-corrected chi connectivity index (χ2v) is 8.23. The van der Waals surface area contributed by atoms with E-state index in [0.29, 0.717) is 22.8 Å². The first-order chi connectivity index (χ1) is 16.7. The van der Waals surface area contributed by atoms with E-state index in [1.807, 2.05) is 30.3 Å². The Balaban J connectivity index is 1.87. The predicted octanol–water partition coefficient (Wildman–Crippen LogP) is 7.35. The second kappa shape index (κ2) is 10.4. The van der Waals surface area contributed by atoms with E-state index in [9.17, 15) is 4.79 Å². The van der Waals surface area contributed by atoms with Crippen LogP contribution in [0.15, 0.2) is 66.7 Å². The fourth-order valence-corrected chi connectivity index (χ4v) is 4.54. The summed E-state index contributed by atoms with van der Waals surface area (Å²) < 4.78 is 16.7. The molecule has 0 N–H and O–H groups in total. The lowest BCUT2D eigenvalue weighted by Gasteiger charge is -2.18. The number of ether oxygens (including phenoxy) is 3. The van der Waals surface area contributed by atoms with Gasteiger partial charge in [0.2, 0.25) is 5.75 Å². The van der Waals surface area contributed by atoms with E-state index in [1.165, 1.54) is 18.4 Å². The number of unbranched alkanes of at least 4 members (excludes halogenated alkanes) is 1. The summed E-state index contributed by atoms with van der Waals surface area (Å²) in [6.07, 6.45) is 4.40. The van der Waals surface area contributed by atoms with Gasteiger partial charge in [0.15, 0.2) is 17.8 Å². The Morgan fingerprint density at radius 2 is 1.44 bits per heavy atom. The molecule has 4 rings (SSSR count). The van der Waals surface area contributed by atoms with Gasteiger partial charge in [0.05, 0.1) is 21.3 Å². The van der Waals surface area contributed by atoms with Crippen LogP contribution >= 0.6 is 0 Å². The summed E-state index contributed by atoms with van der Waals surface area (Å²) in [4.78, 5) is 12.4. The molecular weight excluding hydrogens is 424 g/mol. The van der Waals surface area contributed by atoms with Crippen LogP contribution < -0.4 is 14.2 Å². The van der Waals surface area contributed by atoms with Gasteiger partial charge in [-0.25, -0.2) is 0 Å². The largest absolute Gasteiger partial charge is 0.493 e. The Kier molecular flexibility index (Phi) is 7.17. The molecule has 0 amide bonds. The minimum atomic E-state index is 0.497. The van der Waals surface area contributed by atoms with E-state index in [2.05, 4.69) is 43.3 Å². The zero-order valence-electron chi connectivity index (χ0n) is 20.2. The molecule has 174 valence electrons. The molecule has 0 unspecified atom stereocenters. The van der Waals surface area contributed by atoms with Crippen LogP contribution in [0.2, 0.25) is 0 Å². The van der Waals surface area contributed by atoms with Crippen LogP contribution in [0.5, 0.6) is 17.2 Å². The molecule has 0 fully saturated rings. The molecule has 4 aromatic carbocycles. The molecule has 0 spiro atoms. The fourth-order valence-electron chi connectivity index (χ4n) is 4.54. The van der Waals surface area contributed by atoms with Crippen LogP contribution in [-0.4, -0.2) is 27.6 Å². The average molecular weight is 455 g/mol. The molecule has 0 aromatic heterocycles. The lowest BCUT2D eigenvalue weighted by atomic mass is 9.90. The van der Waals surface area contributed by atoms with E-state index in [-0.39, 0.29) is 0 Å². The summed E-state index contributed by atoms with van der Waals surface area (Å²) in [6, 6.07) is 22.6. The predicted molar refractivity (Wildman–Crippen MR) is 138 cm³/mol. The number of aryl methyl sites for hydroxylation is 1. The molecule has 0 aliphatic heterocycles. The number of rotatable bonds is 9. The summed E-state index contributed by atoms with van der Waals surface area (Å²) in [5.41, 5.74) is 5.77. The molecule has 34 heavy (non-hydrogen) atoms. The van der Waals surface area contributed by atoms with E-state index < -0.39 is 0 Å². The van der Waals surface area contributed by atoms with Gasteiger partial charge in [-0.1, -0.05) is 67.9 Å². The van der Waals surface area contributed by atoms with Crippen LogP contribution in [0.25, 0.3) is 33.0 Å². The third kappa shape index (κ3) is 4.24. The fraction of sp³-hybridized carbons (Fsp3) is 0.233. The quantitative estimate of drug-likeness (QED) is 0.248. The normalized spacial score (nSPS) is 10.8. The number of hydrogen-bond donors (Lipinski definition) is 0. The van der Waals surface area contributed by atoms with Crippen molar-refractivity contribution < 1.29 is 19.0 Å². The molecule has 0 radical (unpaired) electrons. The van der Waals surface area contributed by atoms with Crippen LogP contribution in [0.1, 0.15) is 35.7 Å². The number of aldehydes is 1. The van der Waals surface area contributed by atoms with Crippen molar-refractivity contribution in [2.24, 2.45) is 0 Å². The third-order valence-electron chi connectivity index (χ3n) is 6.30. The zero-order chi connectivity index (χ0) is 24.1. The van der Waals surface area contributed by atoms with Gasteiger partial charge in [0.25, 0.3) is 0 Å². The molecule has 0 atom stereocenters. The number of hydrogen-bond acceptors (Lipinski definition) is 4. The van der Waals surface area contributed by atoms with Gasteiger partial charge in [-0.2, -0.15) is 0 Å². The van der Waals surface area contributed by atoms with E-state index >= 15 is 0 Å². The zero-order valence-corrected chi connectivity index (χ0v) is 20.2. The Hall–Kier alpha value is -3.79. The molecule has 4 aromatic rings. The maximum atomic E-state index is 12.4. The Bertz CT molecular complexity index is 1310. The van der Waals surface area contributed by atoms with Crippen molar-refractivity contribution in [1.82, 2.24) is 0 Å². The van der Waals surface area contributed by atoms with Gasteiger partial charge >= 0.3 is 0 Å². The monoisotopic (exact) mass is 454 g/mol. The second-order valence-electron chi connectivity index (χ2n) is 8.23. The SMILES string of the molecule is CCCCc1ccc(-c2cccc3c(C=O)c(-c4ccc(OC)c(OC)c4OC)ccc23)cc1. The first kappa shape index (κ1) is 23.4. The van der Waals surface area contributed by atoms with Crippen molar-refractivity contribution in [3.8, 4) is 39.5 Å². The van der Waals surface area contributed by atoms with Crippen molar-refractivity contribution in [3.63, 3.8) is 0 Å². The van der Waals surface area contributed by atoms with Gasteiger partial charge in [-0.15, -0.1) is 0 Å². The summed E-state index contributed by atoms with van der Waals surface area (Å²) >= 11 is 0. The number of benzene rings is 4. The average Bonchev–Trinajstić information content (AvgIpc) is 2.90. The summed E-state index contributed by atoms with van der Waals surface area (Å²) in [6.45, 7) is 2.21. The molecule has 4 nitrogen and oxygen atoms in total. The number of methoxy groups -OCH3 is 3. The topological polar surface area (TPSA) is 44.8 Å². The van der Waals surface area contributed by atoms with Gasteiger partial charge in [0, 0.05) is 11.1 Å². The third-order valence-corrected chi connectivity index (χ3v) is 6.30. The van der Waals surface area contributed by atoms with Gasteiger partial charge in [-0.3, -0.25) is 4.79 Å². The van der Waals surface area contributed by atoms with Crippen molar-refractivity contribution in [2.45, 2.75) is 26.2 Å². The molecule has 0 heterocycles. The van der Waals surface area contributed by atoms with Gasteiger partial charge in [0.1, 0.15) is 0 Å². The first-order valence-electron chi connectivity index (χ1n) is 11.6. The summed E-state index contributed by atoms with van der Waals surface area (Å²) in [5, 5.41) is 1.94.